The molecule has 18 heavy (non-hydrogen) atoms. The summed E-state index contributed by atoms with van der Waals surface area (Å²) in [7, 11) is 1.21. The number of Topliss-reactive ketones (excluding diaryl/α,β-unsaturated/α-hetero) is 1. The minimum atomic E-state index is -0.955. The molecule has 0 bridgehead atoms. The molecule has 1 aliphatic rings. The monoisotopic (exact) mass is 266 g/mol. The lowest BCUT2D eigenvalue weighted by atomic mass is 10.3. The maximum absolute atomic E-state index is 11.9. The Labute approximate surface area is 107 Å². The van der Waals surface area contributed by atoms with Crippen LogP contribution in [0.1, 0.15) is 14.5 Å². The number of likely N-dealkylation sites (N-methyl/N-ethyl adjacent to an activating group) is 1. The highest BCUT2D eigenvalue weighted by Crippen LogP contribution is 2.17. The second-order valence-electron chi connectivity index (χ2n) is 3.87. The first-order valence-corrected chi connectivity index (χ1v) is 5.96. The fourth-order valence-corrected chi connectivity index (χ4v) is 2.36. The van der Waals surface area contributed by atoms with Crippen molar-refractivity contribution in [2.75, 3.05) is 13.6 Å². The van der Waals surface area contributed by atoms with Crippen molar-refractivity contribution in [2.24, 2.45) is 0 Å². The lowest BCUT2D eigenvalue weighted by Gasteiger charge is -2.10. The van der Waals surface area contributed by atoms with Gasteiger partial charge in [-0.15, -0.1) is 11.3 Å². The van der Waals surface area contributed by atoms with Crippen LogP contribution in [0, 0.1) is 6.92 Å². The second-order valence-corrected chi connectivity index (χ2v) is 5.16. The molecular formula is C11H10N2O4S. The number of hydrogen-bond donors (Lipinski definition) is 0. The number of carbonyl (C=O) groups is 4. The molecule has 7 heteroatoms. The zero-order valence-corrected chi connectivity index (χ0v) is 10.6. The topological polar surface area (TPSA) is 74.8 Å². The molecule has 1 aromatic heterocycles. The van der Waals surface area contributed by atoms with Gasteiger partial charge < -0.3 is 0 Å². The van der Waals surface area contributed by atoms with Crippen LogP contribution in [0.2, 0.25) is 0 Å². The average Bonchev–Trinajstić information content (AvgIpc) is 2.84. The summed E-state index contributed by atoms with van der Waals surface area (Å²) >= 11 is 1.29. The van der Waals surface area contributed by atoms with Gasteiger partial charge >= 0.3 is 17.8 Å². The summed E-state index contributed by atoms with van der Waals surface area (Å²) in [5.74, 6) is -2.21. The molecule has 1 saturated heterocycles. The third-order valence-corrected chi connectivity index (χ3v) is 3.61. The molecule has 4 amide bonds. The van der Waals surface area contributed by atoms with Crippen molar-refractivity contribution >= 4 is 35.0 Å². The highest BCUT2D eigenvalue weighted by Gasteiger charge is 2.43. The number of nitrogens with zero attached hydrogens (tertiary/aromatic N) is 2. The number of ketones is 1. The molecule has 0 atom stereocenters. The summed E-state index contributed by atoms with van der Waals surface area (Å²) in [5.41, 5.74) is 0. The molecule has 6 nitrogen and oxygen atoms in total. The zero-order valence-electron chi connectivity index (χ0n) is 9.80. The van der Waals surface area contributed by atoms with Crippen LogP contribution in [0.15, 0.2) is 12.1 Å². The van der Waals surface area contributed by atoms with Gasteiger partial charge in [-0.1, -0.05) is 0 Å². The van der Waals surface area contributed by atoms with Crippen LogP contribution in [0.25, 0.3) is 0 Å². The highest BCUT2D eigenvalue weighted by molar-refractivity contribution is 7.14. The Morgan fingerprint density at radius 2 is 1.89 bits per heavy atom. The molecule has 94 valence electrons. The third kappa shape index (κ3) is 1.92. The fourth-order valence-electron chi connectivity index (χ4n) is 1.56. The van der Waals surface area contributed by atoms with E-state index < -0.39 is 24.4 Å². The summed E-state index contributed by atoms with van der Waals surface area (Å²) in [4.78, 5) is 48.9. The number of hydrogen-bond acceptors (Lipinski definition) is 5. The van der Waals surface area contributed by atoms with Crippen LogP contribution in [0.3, 0.4) is 0 Å². The SMILES string of the molecule is Cc1ccc(C(=O)CN2C(=O)C(=O)N(C)C2=O)s1. The summed E-state index contributed by atoms with van der Waals surface area (Å²) in [6, 6.07) is 2.66. The number of imide groups is 2. The van der Waals surface area contributed by atoms with Crippen LogP contribution >= 0.6 is 11.3 Å². The van der Waals surface area contributed by atoms with Gasteiger partial charge in [0.15, 0.2) is 5.78 Å². The zero-order chi connectivity index (χ0) is 13.4. The number of rotatable bonds is 3. The van der Waals surface area contributed by atoms with Crippen molar-refractivity contribution < 1.29 is 19.2 Å². The van der Waals surface area contributed by atoms with Gasteiger partial charge in [0.25, 0.3) is 0 Å². The van der Waals surface area contributed by atoms with Crippen molar-refractivity contribution in [3.63, 3.8) is 0 Å². The maximum Gasteiger partial charge on any atom is 0.334 e. The van der Waals surface area contributed by atoms with E-state index in [1.54, 1.807) is 12.1 Å². The number of carbonyl (C=O) groups excluding carboxylic acids is 4. The van der Waals surface area contributed by atoms with Gasteiger partial charge in [0.05, 0.1) is 11.4 Å². The smallest absolute Gasteiger partial charge is 0.291 e. The van der Waals surface area contributed by atoms with E-state index >= 15 is 0 Å². The van der Waals surface area contributed by atoms with E-state index in [0.29, 0.717) is 14.7 Å². The van der Waals surface area contributed by atoms with Crippen LogP contribution < -0.4 is 0 Å². The van der Waals surface area contributed by atoms with Crippen molar-refractivity contribution in [1.82, 2.24) is 9.80 Å². The Bertz CT molecular complexity index is 563. The van der Waals surface area contributed by atoms with Crippen molar-refractivity contribution in [1.29, 1.82) is 0 Å². The van der Waals surface area contributed by atoms with E-state index in [9.17, 15) is 19.2 Å². The normalized spacial score (nSPS) is 15.8. The van der Waals surface area contributed by atoms with E-state index in [0.717, 1.165) is 4.88 Å². The van der Waals surface area contributed by atoms with E-state index in [4.69, 9.17) is 0 Å². The summed E-state index contributed by atoms with van der Waals surface area (Å²) < 4.78 is 0. The summed E-state index contributed by atoms with van der Waals surface area (Å²) in [6.45, 7) is 1.46. The number of amides is 4. The first-order chi connectivity index (χ1) is 8.41. The molecule has 2 heterocycles. The van der Waals surface area contributed by atoms with Crippen molar-refractivity contribution in [3.8, 4) is 0 Å². The van der Waals surface area contributed by atoms with E-state index in [1.165, 1.54) is 18.4 Å². The fraction of sp³-hybridized carbons (Fsp3) is 0.273. The Kier molecular flexibility index (Phi) is 3.00. The average molecular weight is 266 g/mol. The van der Waals surface area contributed by atoms with Gasteiger partial charge in [-0.25, -0.2) is 9.69 Å². The molecule has 2 rings (SSSR count). The van der Waals surface area contributed by atoms with E-state index in [1.807, 2.05) is 6.92 Å². The maximum atomic E-state index is 11.9. The molecular weight excluding hydrogens is 256 g/mol. The minimum Gasteiger partial charge on any atom is -0.291 e. The molecule has 0 spiro atoms. The van der Waals surface area contributed by atoms with Gasteiger partial charge in [-0.05, 0) is 19.1 Å². The van der Waals surface area contributed by atoms with Crippen LogP contribution in [-0.4, -0.2) is 47.0 Å². The van der Waals surface area contributed by atoms with Crippen LogP contribution in [0.4, 0.5) is 4.79 Å². The first kappa shape index (κ1) is 12.4. The molecule has 0 aromatic carbocycles. The molecule has 1 aliphatic heterocycles. The molecule has 0 aliphatic carbocycles. The van der Waals surface area contributed by atoms with Gasteiger partial charge in [-0.2, -0.15) is 0 Å². The number of urea groups is 1. The molecule has 0 saturated carbocycles. The molecule has 1 aromatic rings. The Hall–Kier alpha value is -2.02. The van der Waals surface area contributed by atoms with Gasteiger partial charge in [0.1, 0.15) is 0 Å². The lowest BCUT2D eigenvalue weighted by Crippen LogP contribution is -2.36. The van der Waals surface area contributed by atoms with E-state index in [2.05, 4.69) is 0 Å². The largest absolute Gasteiger partial charge is 0.334 e. The highest BCUT2D eigenvalue weighted by atomic mass is 32.1. The molecule has 0 unspecified atom stereocenters. The van der Waals surface area contributed by atoms with Crippen molar-refractivity contribution in [3.05, 3.63) is 21.9 Å². The molecule has 0 radical (unpaired) electrons. The lowest BCUT2D eigenvalue weighted by molar-refractivity contribution is -0.142. The van der Waals surface area contributed by atoms with E-state index in [-0.39, 0.29) is 5.78 Å². The predicted octanol–water partition coefficient (Wildman–Crippen LogP) is 0.660. The standard InChI is InChI=1S/C11H10N2O4S/c1-6-3-4-8(18-6)7(14)5-13-10(16)9(15)12(2)11(13)17/h3-4H,5H2,1-2H3. The van der Waals surface area contributed by atoms with Crippen LogP contribution in [0.5, 0.6) is 0 Å². The van der Waals surface area contributed by atoms with Gasteiger partial charge in [0.2, 0.25) is 0 Å². The van der Waals surface area contributed by atoms with Crippen molar-refractivity contribution in [2.45, 2.75) is 6.92 Å². The Morgan fingerprint density at radius 3 is 2.33 bits per heavy atom. The Morgan fingerprint density at radius 1 is 1.22 bits per heavy atom. The summed E-state index contributed by atoms with van der Waals surface area (Å²) in [5, 5.41) is 0. The van der Waals surface area contributed by atoms with Crippen LogP contribution in [-0.2, 0) is 9.59 Å². The first-order valence-electron chi connectivity index (χ1n) is 5.15. The minimum absolute atomic E-state index is 0.349. The Balaban J connectivity index is 2.15. The third-order valence-electron chi connectivity index (χ3n) is 2.57. The number of thiophene rings is 1. The molecule has 0 N–H and O–H groups in total. The second kappa shape index (κ2) is 4.34. The summed E-state index contributed by atoms with van der Waals surface area (Å²) in [6.07, 6.45) is 0. The molecule has 1 fully saturated rings. The van der Waals surface area contributed by atoms with Gasteiger partial charge in [-0.3, -0.25) is 19.3 Å². The van der Waals surface area contributed by atoms with Gasteiger partial charge in [0, 0.05) is 11.9 Å². The number of aryl methyl sites for hydroxylation is 1. The quantitative estimate of drug-likeness (QED) is 0.457. The predicted molar refractivity (Wildman–Crippen MR) is 63.3 cm³/mol.